The standard InChI is InChI=1S/C40H38FN5O5/c1-4-45(5-2)31-20-21-32(34(47)23-31)39-42-37(38(43-39)28-14-12-26(13-15-28)33-24-35(40(49)50)51-44-33)27-10-7-25(8-11-27)9-22-36(48)46(6-3)30-18-16-29(41)17-19-30/h7-23,35,47H,4-6,24H2,1-3H3,(H,42,43)(H,49,50). The van der Waals surface area contributed by atoms with Crippen LogP contribution < -0.4 is 9.80 Å². The number of oxime groups is 1. The van der Waals surface area contributed by atoms with E-state index in [2.05, 4.69) is 28.9 Å². The van der Waals surface area contributed by atoms with Crippen LogP contribution in [0.3, 0.4) is 0 Å². The molecule has 0 saturated carbocycles. The number of aromatic nitrogens is 2. The molecule has 0 spiro atoms. The number of anilines is 2. The molecule has 0 radical (unpaired) electrons. The van der Waals surface area contributed by atoms with Crippen LogP contribution in [0.4, 0.5) is 15.8 Å². The van der Waals surface area contributed by atoms with E-state index in [0.29, 0.717) is 35.0 Å². The SMILES string of the molecule is CCN(CC)c1ccc(-c2nc(-c3ccc(C4=NOC(C(=O)O)C4)cc3)c(-c3ccc(C=CC(=O)N(CC)c4ccc(F)cc4)cc3)[nH]2)c(O)c1. The largest absolute Gasteiger partial charge is 0.507 e. The van der Waals surface area contributed by atoms with Gasteiger partial charge in [-0.1, -0.05) is 53.7 Å². The molecule has 1 aromatic heterocycles. The lowest BCUT2D eigenvalue weighted by Crippen LogP contribution is -2.28. The van der Waals surface area contributed by atoms with Crippen LogP contribution in [-0.2, 0) is 14.4 Å². The Hall–Kier alpha value is -6.23. The summed E-state index contributed by atoms with van der Waals surface area (Å²) < 4.78 is 13.4. The zero-order chi connectivity index (χ0) is 36.1. The van der Waals surface area contributed by atoms with E-state index in [4.69, 9.17) is 9.82 Å². The van der Waals surface area contributed by atoms with Crippen molar-refractivity contribution in [3.63, 3.8) is 0 Å². The number of likely N-dealkylation sites (N-methyl/N-ethyl adjacent to an activating group) is 1. The fourth-order valence-electron chi connectivity index (χ4n) is 6.03. The van der Waals surface area contributed by atoms with Crippen LogP contribution >= 0.6 is 0 Å². The molecule has 5 aromatic rings. The van der Waals surface area contributed by atoms with Crippen molar-refractivity contribution in [2.24, 2.45) is 5.16 Å². The maximum Gasteiger partial charge on any atom is 0.348 e. The number of rotatable bonds is 12. The smallest absolute Gasteiger partial charge is 0.348 e. The fourth-order valence-corrected chi connectivity index (χ4v) is 6.03. The first kappa shape index (κ1) is 34.6. The molecule has 0 bridgehead atoms. The van der Waals surface area contributed by atoms with E-state index in [-0.39, 0.29) is 23.9 Å². The molecule has 51 heavy (non-hydrogen) atoms. The van der Waals surface area contributed by atoms with Gasteiger partial charge in [-0.05, 0) is 74.4 Å². The summed E-state index contributed by atoms with van der Waals surface area (Å²) >= 11 is 0. The Labute approximate surface area is 295 Å². The van der Waals surface area contributed by atoms with Gasteiger partial charge < -0.3 is 29.8 Å². The quantitative estimate of drug-likeness (QED) is 0.114. The van der Waals surface area contributed by atoms with Crippen molar-refractivity contribution in [1.29, 1.82) is 0 Å². The number of amides is 1. The first-order chi connectivity index (χ1) is 24.7. The lowest BCUT2D eigenvalue weighted by molar-refractivity contribution is -0.148. The topological polar surface area (TPSA) is 131 Å². The number of halogens is 1. The number of benzene rings is 4. The molecule has 0 saturated heterocycles. The van der Waals surface area contributed by atoms with Gasteiger partial charge in [0.1, 0.15) is 17.4 Å². The summed E-state index contributed by atoms with van der Waals surface area (Å²) in [6.45, 7) is 8.03. The van der Waals surface area contributed by atoms with E-state index in [0.717, 1.165) is 46.7 Å². The van der Waals surface area contributed by atoms with Gasteiger partial charge in [-0.3, -0.25) is 4.79 Å². The van der Waals surface area contributed by atoms with Crippen molar-refractivity contribution in [2.45, 2.75) is 33.3 Å². The molecule has 260 valence electrons. The lowest BCUT2D eigenvalue weighted by Gasteiger charge is -2.21. The van der Waals surface area contributed by atoms with E-state index in [1.807, 2.05) is 67.6 Å². The summed E-state index contributed by atoms with van der Waals surface area (Å²) in [5, 5.41) is 24.4. The van der Waals surface area contributed by atoms with Crippen LogP contribution in [0.1, 0.15) is 38.3 Å². The number of aliphatic carboxylic acids is 1. The number of phenolic OH excluding ortho intramolecular Hbond substituents is 1. The van der Waals surface area contributed by atoms with Gasteiger partial charge in [0.05, 0.1) is 22.7 Å². The Morgan fingerprint density at radius 2 is 1.53 bits per heavy atom. The average molecular weight is 688 g/mol. The minimum Gasteiger partial charge on any atom is -0.507 e. The third-order valence-corrected chi connectivity index (χ3v) is 8.84. The second kappa shape index (κ2) is 15.1. The van der Waals surface area contributed by atoms with Crippen molar-refractivity contribution >= 4 is 35.0 Å². The maximum atomic E-state index is 13.4. The summed E-state index contributed by atoms with van der Waals surface area (Å²) in [5.41, 5.74) is 7.16. The van der Waals surface area contributed by atoms with Gasteiger partial charge in [0, 0.05) is 60.7 Å². The molecule has 1 unspecified atom stereocenters. The number of imidazole rings is 1. The number of phenols is 1. The Morgan fingerprint density at radius 3 is 2.14 bits per heavy atom. The minimum atomic E-state index is -1.06. The van der Waals surface area contributed by atoms with Crippen molar-refractivity contribution < 1.29 is 29.0 Å². The van der Waals surface area contributed by atoms with E-state index in [1.165, 1.54) is 18.2 Å². The molecule has 11 heteroatoms. The summed E-state index contributed by atoms with van der Waals surface area (Å²) in [6, 6.07) is 26.5. The van der Waals surface area contributed by atoms with E-state index >= 15 is 0 Å². The third kappa shape index (κ3) is 7.52. The van der Waals surface area contributed by atoms with Crippen molar-refractivity contribution in [3.8, 4) is 39.7 Å². The van der Waals surface area contributed by atoms with Crippen LogP contribution in [0.25, 0.3) is 40.0 Å². The predicted octanol–water partition coefficient (Wildman–Crippen LogP) is 7.75. The van der Waals surface area contributed by atoms with Gasteiger partial charge >= 0.3 is 5.97 Å². The molecule has 1 aliphatic rings. The Kier molecular flexibility index (Phi) is 10.3. The molecule has 0 aliphatic carbocycles. The third-order valence-electron chi connectivity index (χ3n) is 8.84. The molecule has 0 fully saturated rings. The zero-order valence-electron chi connectivity index (χ0n) is 28.5. The Morgan fingerprint density at radius 1 is 0.882 bits per heavy atom. The highest BCUT2D eigenvalue weighted by Gasteiger charge is 2.28. The summed E-state index contributed by atoms with van der Waals surface area (Å²) in [5.74, 6) is -1.07. The monoisotopic (exact) mass is 687 g/mol. The molecule has 1 atom stereocenters. The number of H-pyrrole nitrogens is 1. The molecule has 1 amide bonds. The molecule has 3 N–H and O–H groups in total. The number of carboxylic acid groups (broad SMARTS) is 1. The molecule has 4 aromatic carbocycles. The number of nitrogens with one attached hydrogen (secondary N) is 1. The van der Waals surface area contributed by atoms with E-state index in [9.17, 15) is 24.2 Å². The highest BCUT2D eigenvalue weighted by atomic mass is 19.1. The first-order valence-corrected chi connectivity index (χ1v) is 16.8. The van der Waals surface area contributed by atoms with Gasteiger partial charge in [-0.25, -0.2) is 14.2 Å². The molecule has 10 nitrogen and oxygen atoms in total. The zero-order valence-corrected chi connectivity index (χ0v) is 28.5. The predicted molar refractivity (Wildman–Crippen MR) is 197 cm³/mol. The molecule has 1 aliphatic heterocycles. The lowest BCUT2D eigenvalue weighted by atomic mass is 10.00. The fraction of sp³-hybridized carbons (Fsp3) is 0.200. The normalized spacial score (nSPS) is 14.0. The van der Waals surface area contributed by atoms with Crippen molar-refractivity contribution in [2.75, 3.05) is 29.4 Å². The number of hydrogen-bond donors (Lipinski definition) is 3. The highest BCUT2D eigenvalue weighted by Crippen LogP contribution is 2.37. The summed E-state index contributed by atoms with van der Waals surface area (Å²) in [4.78, 5) is 41.5. The average Bonchev–Trinajstić information content (AvgIpc) is 3.82. The highest BCUT2D eigenvalue weighted by molar-refractivity contribution is 6.04. The number of aromatic hydroxyl groups is 1. The number of carboxylic acids is 1. The van der Waals surface area contributed by atoms with Crippen LogP contribution in [0.2, 0.25) is 0 Å². The summed E-state index contributed by atoms with van der Waals surface area (Å²) in [7, 11) is 0. The molecule has 6 rings (SSSR count). The van der Waals surface area contributed by atoms with E-state index < -0.39 is 12.1 Å². The van der Waals surface area contributed by atoms with Crippen LogP contribution in [0, 0.1) is 5.82 Å². The Balaban J connectivity index is 1.31. The Bertz CT molecular complexity index is 2090. The van der Waals surface area contributed by atoms with Crippen molar-refractivity contribution in [1.82, 2.24) is 9.97 Å². The number of nitrogens with zero attached hydrogens (tertiary/aromatic N) is 4. The second-order valence-corrected chi connectivity index (χ2v) is 11.9. The van der Waals surface area contributed by atoms with E-state index in [1.54, 1.807) is 29.2 Å². The van der Waals surface area contributed by atoms with Crippen LogP contribution in [0.5, 0.6) is 5.75 Å². The maximum absolute atomic E-state index is 13.4. The number of carbonyl (C=O) groups excluding carboxylic acids is 1. The molecule has 2 heterocycles. The second-order valence-electron chi connectivity index (χ2n) is 11.9. The van der Waals surface area contributed by atoms with Gasteiger partial charge in [0.15, 0.2) is 0 Å². The van der Waals surface area contributed by atoms with Crippen LogP contribution in [-0.4, -0.2) is 63.5 Å². The van der Waals surface area contributed by atoms with Gasteiger partial charge in [-0.2, -0.15) is 0 Å². The molecular weight excluding hydrogens is 649 g/mol. The van der Waals surface area contributed by atoms with Gasteiger partial charge in [0.2, 0.25) is 6.10 Å². The molecular formula is C40H38FN5O5. The number of hydrogen-bond acceptors (Lipinski definition) is 7. The number of aromatic amines is 1. The van der Waals surface area contributed by atoms with Crippen molar-refractivity contribution in [3.05, 3.63) is 114 Å². The van der Waals surface area contributed by atoms with Gasteiger partial charge in [-0.15, -0.1) is 0 Å². The van der Waals surface area contributed by atoms with Crippen LogP contribution in [0.15, 0.2) is 102 Å². The minimum absolute atomic E-state index is 0.0979. The summed E-state index contributed by atoms with van der Waals surface area (Å²) in [6.07, 6.45) is 2.39. The number of carbonyl (C=O) groups is 2. The van der Waals surface area contributed by atoms with Gasteiger partial charge in [0.25, 0.3) is 5.91 Å². The first-order valence-electron chi connectivity index (χ1n) is 16.8.